The van der Waals surface area contributed by atoms with E-state index in [1.165, 1.54) is 0 Å². The molecule has 2 bridgehead atoms. The van der Waals surface area contributed by atoms with Crippen LogP contribution in [0, 0.1) is 17.8 Å². The minimum atomic E-state index is -0.671. The first-order valence-electron chi connectivity index (χ1n) is 8.48. The Morgan fingerprint density at radius 1 is 1.45 bits per heavy atom. The molecule has 126 valence electrons. The second-order valence-corrected chi connectivity index (χ2v) is 8.14. The summed E-state index contributed by atoms with van der Waals surface area (Å²) in [7, 11) is 0. The van der Waals surface area contributed by atoms with Crippen molar-refractivity contribution in [2.24, 2.45) is 23.5 Å². The number of hydrogen-bond acceptors (Lipinski definition) is 5. The van der Waals surface area contributed by atoms with Gasteiger partial charge in [-0.05, 0) is 43.9 Å². The van der Waals surface area contributed by atoms with Gasteiger partial charge in [0.25, 0.3) is 0 Å². The van der Waals surface area contributed by atoms with E-state index in [1.807, 2.05) is 6.92 Å². The predicted molar refractivity (Wildman–Crippen MR) is 82.1 cm³/mol. The van der Waals surface area contributed by atoms with Gasteiger partial charge in [-0.15, -0.1) is 0 Å². The molecule has 0 aromatic rings. The summed E-state index contributed by atoms with van der Waals surface area (Å²) in [5, 5.41) is 9.04. The molecule has 0 spiro atoms. The molecule has 0 radical (unpaired) electrons. The lowest BCUT2D eigenvalue weighted by Crippen LogP contribution is -2.69. The Kier molecular flexibility index (Phi) is 3.63. The van der Waals surface area contributed by atoms with Crippen LogP contribution in [0.15, 0.2) is 0 Å². The van der Waals surface area contributed by atoms with Crippen LogP contribution in [0.4, 0.5) is 0 Å². The monoisotopic (exact) mass is 311 g/mol. The summed E-state index contributed by atoms with van der Waals surface area (Å²) >= 11 is 0. The molecule has 2 saturated heterocycles. The third kappa shape index (κ3) is 1.91. The summed E-state index contributed by atoms with van der Waals surface area (Å²) in [5.74, 6) is 0.708. The topological polar surface area (TPSA) is 81.8 Å². The first-order valence-corrected chi connectivity index (χ1v) is 8.48. The van der Waals surface area contributed by atoms with E-state index in [9.17, 15) is 4.79 Å². The van der Waals surface area contributed by atoms with Gasteiger partial charge in [0.15, 0.2) is 0 Å². The highest BCUT2D eigenvalue weighted by atomic mass is 16.6. The fourth-order valence-corrected chi connectivity index (χ4v) is 5.23. The number of carbonyl (C=O) groups excluding carboxylic acids is 1. The van der Waals surface area contributed by atoms with Gasteiger partial charge in [-0.2, -0.15) is 0 Å². The Hall–Kier alpha value is -0.650. The van der Waals surface area contributed by atoms with Gasteiger partial charge in [0, 0.05) is 6.42 Å². The number of fused-ring (bicyclic) bond motifs is 4. The number of aliphatic hydroxyl groups is 1. The molecule has 0 aromatic heterocycles. The lowest BCUT2D eigenvalue weighted by molar-refractivity contribution is -0.222. The zero-order chi connectivity index (χ0) is 16.3. The Morgan fingerprint density at radius 2 is 2.14 bits per heavy atom. The highest BCUT2D eigenvalue weighted by Gasteiger charge is 2.72. The predicted octanol–water partition coefficient (Wildman–Crippen LogP) is 1.61. The number of carbonyl (C=O) groups is 1. The summed E-state index contributed by atoms with van der Waals surface area (Å²) in [4.78, 5) is 11.7. The molecule has 3 fully saturated rings. The maximum Gasteiger partial charge on any atom is 0.332 e. The summed E-state index contributed by atoms with van der Waals surface area (Å²) in [5.41, 5.74) is 5.45. The van der Waals surface area contributed by atoms with Crippen LogP contribution in [-0.4, -0.2) is 40.5 Å². The molecule has 2 heterocycles. The first-order chi connectivity index (χ1) is 10.2. The van der Waals surface area contributed by atoms with Crippen LogP contribution in [0.5, 0.6) is 0 Å². The lowest BCUT2D eigenvalue weighted by atomic mass is 9.67. The van der Waals surface area contributed by atoms with Crippen molar-refractivity contribution in [1.82, 2.24) is 0 Å². The highest BCUT2D eigenvalue weighted by Crippen LogP contribution is 2.63. The van der Waals surface area contributed by atoms with E-state index < -0.39 is 23.7 Å². The standard InChI is InChI=1S/C17H29NO4/c1-10(2)16-7-12-11(3)5-6-17(12,18)15(4,22-16)13(8-16)21-14(20)9-19/h10-13,19H,5-9,18H2,1-4H3. The second-order valence-electron chi connectivity index (χ2n) is 8.14. The second kappa shape index (κ2) is 4.92. The minimum Gasteiger partial charge on any atom is -0.457 e. The molecule has 5 heteroatoms. The molecule has 5 nitrogen and oxygen atoms in total. The van der Waals surface area contributed by atoms with E-state index in [0.29, 0.717) is 24.2 Å². The van der Waals surface area contributed by atoms with Crippen LogP contribution in [0.2, 0.25) is 0 Å². The van der Waals surface area contributed by atoms with E-state index >= 15 is 0 Å². The van der Waals surface area contributed by atoms with Crippen molar-refractivity contribution in [1.29, 1.82) is 0 Å². The van der Waals surface area contributed by atoms with Gasteiger partial charge in [-0.3, -0.25) is 0 Å². The fraction of sp³-hybridized carbons (Fsp3) is 0.941. The van der Waals surface area contributed by atoms with Crippen LogP contribution >= 0.6 is 0 Å². The van der Waals surface area contributed by atoms with Crippen LogP contribution in [0.1, 0.15) is 53.4 Å². The SMILES string of the molecule is CC1CCC2(N)C1CC1(C(C)C)CC(OC(=O)CO)C2(C)O1. The number of esters is 1. The van der Waals surface area contributed by atoms with Gasteiger partial charge in [0.2, 0.25) is 0 Å². The van der Waals surface area contributed by atoms with E-state index in [0.717, 1.165) is 19.3 Å². The molecule has 1 aliphatic carbocycles. The molecule has 6 unspecified atom stereocenters. The molecule has 0 amide bonds. The van der Waals surface area contributed by atoms with Gasteiger partial charge in [0.05, 0.1) is 11.1 Å². The molecule has 3 aliphatic rings. The van der Waals surface area contributed by atoms with Crippen LogP contribution in [0.25, 0.3) is 0 Å². The minimum absolute atomic E-state index is 0.276. The molecule has 6 atom stereocenters. The number of aliphatic hydroxyl groups excluding tert-OH is 1. The smallest absolute Gasteiger partial charge is 0.332 e. The molecule has 1 saturated carbocycles. The Bertz CT molecular complexity index is 481. The van der Waals surface area contributed by atoms with E-state index in [1.54, 1.807) is 0 Å². The average Bonchev–Trinajstić information content (AvgIpc) is 2.89. The number of hydrogen-bond donors (Lipinski definition) is 2. The van der Waals surface area contributed by atoms with Crippen LogP contribution < -0.4 is 5.73 Å². The third-order valence-corrected chi connectivity index (χ3v) is 6.87. The fourth-order valence-electron chi connectivity index (χ4n) is 5.23. The number of rotatable bonds is 3. The highest BCUT2D eigenvalue weighted by molar-refractivity contribution is 5.70. The average molecular weight is 311 g/mol. The Morgan fingerprint density at radius 3 is 2.73 bits per heavy atom. The lowest BCUT2D eigenvalue weighted by Gasteiger charge is -2.54. The molecule has 2 aliphatic heterocycles. The summed E-state index contributed by atoms with van der Waals surface area (Å²) in [6.07, 6.45) is 3.22. The quantitative estimate of drug-likeness (QED) is 0.774. The van der Waals surface area contributed by atoms with Gasteiger partial charge < -0.3 is 20.3 Å². The molecule has 0 aromatic carbocycles. The van der Waals surface area contributed by atoms with Gasteiger partial charge in [-0.25, -0.2) is 4.79 Å². The number of nitrogens with two attached hydrogens (primary N) is 1. The third-order valence-electron chi connectivity index (χ3n) is 6.87. The van der Waals surface area contributed by atoms with E-state index in [2.05, 4.69) is 20.8 Å². The largest absolute Gasteiger partial charge is 0.457 e. The zero-order valence-electron chi connectivity index (χ0n) is 14.1. The molecule has 3 rings (SSSR count). The van der Waals surface area contributed by atoms with Gasteiger partial charge in [-0.1, -0.05) is 20.8 Å². The Balaban J connectivity index is 2.01. The van der Waals surface area contributed by atoms with Crippen LogP contribution in [-0.2, 0) is 14.3 Å². The van der Waals surface area contributed by atoms with E-state index in [-0.39, 0.29) is 11.7 Å². The van der Waals surface area contributed by atoms with Crippen molar-refractivity contribution in [2.75, 3.05) is 6.61 Å². The summed E-state index contributed by atoms with van der Waals surface area (Å²) < 4.78 is 12.1. The Labute approximate surface area is 132 Å². The van der Waals surface area contributed by atoms with Crippen molar-refractivity contribution < 1.29 is 19.4 Å². The molecular weight excluding hydrogens is 282 g/mol. The zero-order valence-corrected chi connectivity index (χ0v) is 14.1. The van der Waals surface area contributed by atoms with Gasteiger partial charge >= 0.3 is 5.97 Å². The molecular formula is C17H29NO4. The normalized spacial score (nSPS) is 50.2. The van der Waals surface area contributed by atoms with Crippen LogP contribution in [0.3, 0.4) is 0 Å². The maximum absolute atomic E-state index is 11.7. The van der Waals surface area contributed by atoms with Gasteiger partial charge in [0.1, 0.15) is 18.3 Å². The summed E-state index contributed by atoms with van der Waals surface area (Å²) in [6, 6.07) is 0. The maximum atomic E-state index is 11.7. The van der Waals surface area contributed by atoms with Crippen molar-refractivity contribution >= 4 is 5.97 Å². The van der Waals surface area contributed by atoms with Crippen molar-refractivity contribution in [3.05, 3.63) is 0 Å². The summed E-state index contributed by atoms with van der Waals surface area (Å²) in [6.45, 7) is 8.02. The van der Waals surface area contributed by atoms with Crippen molar-refractivity contribution in [3.63, 3.8) is 0 Å². The van der Waals surface area contributed by atoms with Crippen molar-refractivity contribution in [2.45, 2.75) is 76.2 Å². The van der Waals surface area contributed by atoms with E-state index in [4.69, 9.17) is 20.3 Å². The number of ether oxygens (including phenoxy) is 2. The molecule has 22 heavy (non-hydrogen) atoms. The van der Waals surface area contributed by atoms with Crippen molar-refractivity contribution in [3.8, 4) is 0 Å². The first kappa shape index (κ1) is 16.2. The molecule has 3 N–H and O–H groups in total.